The maximum Gasteiger partial charge on any atom is -0.000764 e. The van der Waals surface area contributed by atoms with Crippen molar-refractivity contribution in [2.75, 3.05) is 0 Å². The van der Waals surface area contributed by atoms with Gasteiger partial charge in [0.25, 0.3) is 0 Å². The molecule has 0 aliphatic heterocycles. The summed E-state index contributed by atoms with van der Waals surface area (Å²) in [7, 11) is 0. The first-order valence-corrected chi connectivity index (χ1v) is 21.2. The van der Waals surface area contributed by atoms with E-state index in [0.717, 1.165) is 0 Å². The van der Waals surface area contributed by atoms with Gasteiger partial charge in [-0.2, -0.15) is 0 Å². The first kappa shape index (κ1) is 39.4. The van der Waals surface area contributed by atoms with Crippen molar-refractivity contribution in [2.24, 2.45) is 0 Å². The van der Waals surface area contributed by atoms with E-state index < -0.39 is 0 Å². The third-order valence-electron chi connectivity index (χ3n) is 12.3. The summed E-state index contributed by atoms with van der Waals surface area (Å²) in [5.74, 6) is 0. The zero-order valence-corrected chi connectivity index (χ0v) is 36.9. The number of hydrogen-bond donors (Lipinski definition) is 0. The van der Waals surface area contributed by atoms with Gasteiger partial charge in [-0.05, 0) is 145 Å². The van der Waals surface area contributed by atoms with Gasteiger partial charge in [0.05, 0.1) is 0 Å². The van der Waals surface area contributed by atoms with Crippen molar-refractivity contribution in [3.63, 3.8) is 0 Å². The van der Waals surface area contributed by atoms with Gasteiger partial charge in [0.1, 0.15) is 0 Å². The van der Waals surface area contributed by atoms with E-state index in [0.29, 0.717) is 0 Å². The summed E-state index contributed by atoms with van der Waals surface area (Å²) in [5.41, 5.74) is 15.5. The van der Waals surface area contributed by atoms with Crippen LogP contribution >= 0.6 is 0 Å². The lowest BCUT2D eigenvalue weighted by molar-refractivity contribution is 0.590. The molecule has 58 heavy (non-hydrogen) atoms. The summed E-state index contributed by atoms with van der Waals surface area (Å²) in [5, 5.41) is 7.73. The van der Waals surface area contributed by atoms with Crippen LogP contribution in [-0.2, 0) is 21.7 Å². The Morgan fingerprint density at radius 2 is 0.655 bits per heavy atom. The first-order valence-electron chi connectivity index (χ1n) is 21.2. The Bertz CT molecular complexity index is 2790. The number of rotatable bonds is 4. The summed E-state index contributed by atoms with van der Waals surface area (Å²) in [6.07, 6.45) is 0. The molecule has 0 aliphatic rings. The molecule has 0 heteroatoms. The van der Waals surface area contributed by atoms with Crippen molar-refractivity contribution in [3.05, 3.63) is 168 Å². The fourth-order valence-electron chi connectivity index (χ4n) is 8.75. The Labute approximate surface area is 348 Å². The highest BCUT2D eigenvalue weighted by molar-refractivity contribution is 6.30. The van der Waals surface area contributed by atoms with Gasteiger partial charge >= 0.3 is 0 Å². The minimum atomic E-state index is -0.0605. The lowest BCUT2D eigenvalue weighted by atomic mass is 9.76. The number of hydrogen-bond acceptors (Lipinski definition) is 0. The fourth-order valence-corrected chi connectivity index (χ4v) is 8.75. The molecule has 0 spiro atoms. The summed E-state index contributed by atoms with van der Waals surface area (Å²) in [6, 6.07) is 55.9. The molecule has 0 amide bonds. The third-order valence-corrected chi connectivity index (χ3v) is 12.3. The van der Waals surface area contributed by atoms with Crippen LogP contribution < -0.4 is 0 Å². The zero-order valence-electron chi connectivity index (χ0n) is 36.9. The fraction of sp³-hybridized carbons (Fsp3) is 0.276. The molecule has 0 radical (unpaired) electrons. The van der Waals surface area contributed by atoms with Crippen molar-refractivity contribution < 1.29 is 0 Å². The Morgan fingerprint density at radius 3 is 1.16 bits per heavy atom. The second-order valence-corrected chi connectivity index (χ2v) is 20.7. The second-order valence-electron chi connectivity index (χ2n) is 20.7. The molecule has 0 saturated heterocycles. The lowest BCUT2D eigenvalue weighted by Crippen LogP contribution is -2.12. The molecule has 292 valence electrons. The van der Waals surface area contributed by atoms with Crippen molar-refractivity contribution in [3.8, 4) is 44.5 Å². The molecule has 8 rings (SSSR count). The van der Waals surface area contributed by atoms with Gasteiger partial charge < -0.3 is 0 Å². The van der Waals surface area contributed by atoms with Gasteiger partial charge in [-0.15, -0.1) is 0 Å². The van der Waals surface area contributed by atoms with Crippen molar-refractivity contribution in [1.29, 1.82) is 0 Å². The van der Waals surface area contributed by atoms with Crippen LogP contribution in [0.1, 0.15) is 105 Å². The molecule has 0 unspecified atom stereocenters. The minimum Gasteiger partial charge on any atom is -0.0622 e. The van der Waals surface area contributed by atoms with Gasteiger partial charge in [-0.25, -0.2) is 0 Å². The van der Waals surface area contributed by atoms with Crippen LogP contribution in [0.3, 0.4) is 0 Å². The van der Waals surface area contributed by atoms with E-state index in [1.807, 2.05) is 0 Å². The van der Waals surface area contributed by atoms with E-state index in [4.69, 9.17) is 0 Å². The Balaban J connectivity index is 1.69. The SMILES string of the molecule is CC(C)(C)c1ccc(-c2c3cc(C(C)(C)C)ccc3c(-c3ccccc3)c3c(-c4ccc(C(C)(C)C)cc4)c4cc(C(C)(C)C)cc(-c5ccccc5)c4cc23)cc1. The molecule has 8 aromatic rings. The van der Waals surface area contributed by atoms with Crippen molar-refractivity contribution >= 4 is 32.3 Å². The molecule has 0 atom stereocenters. The highest BCUT2D eigenvalue weighted by Crippen LogP contribution is 2.52. The second kappa shape index (κ2) is 14.1. The smallest absolute Gasteiger partial charge is 0.000764 e. The van der Waals surface area contributed by atoms with Crippen LogP contribution in [0.4, 0.5) is 0 Å². The predicted molar refractivity (Wildman–Crippen MR) is 256 cm³/mol. The van der Waals surface area contributed by atoms with Gasteiger partial charge in [0.2, 0.25) is 0 Å². The molecular weight excluding hydrogens is 697 g/mol. The number of fused-ring (bicyclic) bond motifs is 3. The van der Waals surface area contributed by atoms with Crippen molar-refractivity contribution in [1.82, 2.24) is 0 Å². The molecule has 0 saturated carbocycles. The normalized spacial score (nSPS) is 12.8. The average Bonchev–Trinajstić information content (AvgIpc) is 3.18. The van der Waals surface area contributed by atoms with E-state index in [-0.39, 0.29) is 21.7 Å². The highest BCUT2D eigenvalue weighted by Gasteiger charge is 2.27. The quantitative estimate of drug-likeness (QED) is 0.157. The van der Waals surface area contributed by atoms with Crippen LogP contribution in [-0.4, -0.2) is 0 Å². The van der Waals surface area contributed by atoms with Crippen LogP contribution in [0, 0.1) is 0 Å². The summed E-state index contributed by atoms with van der Waals surface area (Å²) in [4.78, 5) is 0. The monoisotopic (exact) mass is 756 g/mol. The summed E-state index contributed by atoms with van der Waals surface area (Å²) < 4.78 is 0. The van der Waals surface area contributed by atoms with Crippen LogP contribution in [0.2, 0.25) is 0 Å². The van der Waals surface area contributed by atoms with Crippen LogP contribution in [0.5, 0.6) is 0 Å². The van der Waals surface area contributed by atoms with Crippen molar-refractivity contribution in [2.45, 2.75) is 105 Å². The Morgan fingerprint density at radius 1 is 0.259 bits per heavy atom. The van der Waals surface area contributed by atoms with E-state index in [2.05, 4.69) is 229 Å². The zero-order chi connectivity index (χ0) is 41.4. The minimum absolute atomic E-state index is 0.0173. The summed E-state index contributed by atoms with van der Waals surface area (Å²) >= 11 is 0. The van der Waals surface area contributed by atoms with Crippen LogP contribution in [0.15, 0.2) is 146 Å². The molecule has 0 bridgehead atoms. The molecular formula is C58H60. The van der Waals surface area contributed by atoms with Crippen LogP contribution in [0.25, 0.3) is 76.8 Å². The maximum atomic E-state index is 2.55. The molecule has 0 fully saturated rings. The lowest BCUT2D eigenvalue weighted by Gasteiger charge is -2.27. The van der Waals surface area contributed by atoms with Gasteiger partial charge in [-0.1, -0.05) is 204 Å². The van der Waals surface area contributed by atoms with Gasteiger partial charge in [-0.3, -0.25) is 0 Å². The standard InChI is InChI=1S/C58H60/c1-55(2,3)41-27-23-39(24-28-41)51-48-33-43(57(7,8)9)31-32-45(48)52(38-21-17-14-18-22-38)54-50(51)36-47-46(37-19-15-13-16-20-37)34-44(58(10,11)12)35-49(47)53(54)40-25-29-42(30-26-40)56(4,5)6/h13-36H,1-12H3. The predicted octanol–water partition coefficient (Wildman–Crippen LogP) is 17.0. The van der Waals surface area contributed by atoms with Gasteiger partial charge in [0.15, 0.2) is 0 Å². The Kier molecular flexibility index (Phi) is 9.59. The van der Waals surface area contributed by atoms with E-state index in [9.17, 15) is 0 Å². The molecule has 8 aromatic carbocycles. The topological polar surface area (TPSA) is 0 Å². The highest BCUT2D eigenvalue weighted by atomic mass is 14.3. The molecule has 0 N–H and O–H groups in total. The van der Waals surface area contributed by atoms with E-state index in [1.165, 1.54) is 99.1 Å². The van der Waals surface area contributed by atoms with E-state index >= 15 is 0 Å². The van der Waals surface area contributed by atoms with E-state index in [1.54, 1.807) is 0 Å². The third kappa shape index (κ3) is 7.17. The van der Waals surface area contributed by atoms with Gasteiger partial charge in [0, 0.05) is 0 Å². The largest absolute Gasteiger partial charge is 0.0622 e. The Hall–Kier alpha value is -5.46. The molecule has 0 nitrogen and oxygen atoms in total. The number of benzene rings is 8. The molecule has 0 heterocycles. The molecule has 0 aromatic heterocycles. The maximum absolute atomic E-state index is 2.55. The first-order chi connectivity index (χ1) is 27.3. The average molecular weight is 757 g/mol. The molecule has 0 aliphatic carbocycles. The summed E-state index contributed by atoms with van der Waals surface area (Å²) in [6.45, 7) is 27.8.